The van der Waals surface area contributed by atoms with Gasteiger partial charge in [0.25, 0.3) is 0 Å². The maximum atomic E-state index is 14.9. The number of ether oxygens (including phenoxy) is 2. The van der Waals surface area contributed by atoms with E-state index in [1.165, 1.54) is 16.2 Å². The summed E-state index contributed by atoms with van der Waals surface area (Å²) >= 11 is 1.47. The third kappa shape index (κ3) is 3.73. The molecule has 0 radical (unpaired) electrons. The molecule has 9 heteroatoms. The first-order valence-corrected chi connectivity index (χ1v) is 10.2. The lowest BCUT2D eigenvalue weighted by molar-refractivity contribution is 0.00976. The maximum absolute atomic E-state index is 14.9. The molecule has 3 atom stereocenters. The third-order valence-corrected chi connectivity index (χ3v) is 5.80. The van der Waals surface area contributed by atoms with Crippen LogP contribution in [0.5, 0.6) is 5.75 Å². The van der Waals surface area contributed by atoms with E-state index in [0.29, 0.717) is 11.7 Å². The molecule has 152 valence electrons. The molecule has 4 rings (SSSR count). The number of nitrogens with zero attached hydrogens (tertiary/aromatic N) is 2. The van der Waals surface area contributed by atoms with E-state index in [2.05, 4.69) is 10.3 Å². The summed E-state index contributed by atoms with van der Waals surface area (Å²) in [5.74, 6) is 0.870. The summed E-state index contributed by atoms with van der Waals surface area (Å²) in [7, 11) is 0. The lowest BCUT2D eigenvalue weighted by Crippen LogP contribution is -2.61. The van der Waals surface area contributed by atoms with E-state index in [1.54, 1.807) is 20.8 Å². The van der Waals surface area contributed by atoms with Crippen molar-refractivity contribution in [1.82, 2.24) is 9.88 Å². The highest BCUT2D eigenvalue weighted by Gasteiger charge is 2.39. The van der Waals surface area contributed by atoms with Crippen molar-refractivity contribution < 1.29 is 18.7 Å². The average molecular weight is 408 g/mol. The van der Waals surface area contributed by atoms with Crippen molar-refractivity contribution in [2.45, 2.75) is 51.0 Å². The number of fused-ring (bicyclic) bond motifs is 3. The minimum absolute atomic E-state index is 0.0611. The zero-order chi connectivity index (χ0) is 20.1. The number of nitrogens with one attached hydrogen (secondary N) is 1. The monoisotopic (exact) mass is 408 g/mol. The number of aromatic nitrogens is 1. The van der Waals surface area contributed by atoms with Gasteiger partial charge in [0.2, 0.25) is 0 Å². The predicted octanol–water partition coefficient (Wildman–Crippen LogP) is 2.93. The van der Waals surface area contributed by atoms with Gasteiger partial charge in [-0.2, -0.15) is 0 Å². The number of carbonyl (C=O) groups is 1. The van der Waals surface area contributed by atoms with Crippen LogP contribution in [-0.4, -0.2) is 59.5 Å². The quantitative estimate of drug-likeness (QED) is 0.794. The highest BCUT2D eigenvalue weighted by Crippen LogP contribution is 2.37. The molecule has 0 unspecified atom stereocenters. The molecule has 0 aliphatic carbocycles. The number of anilines is 1. The predicted molar refractivity (Wildman–Crippen MR) is 107 cm³/mol. The van der Waals surface area contributed by atoms with Gasteiger partial charge in [0.05, 0.1) is 29.4 Å². The number of rotatable bonds is 2. The van der Waals surface area contributed by atoms with E-state index in [9.17, 15) is 9.18 Å². The molecule has 1 fully saturated rings. The zero-order valence-electron chi connectivity index (χ0n) is 16.2. The van der Waals surface area contributed by atoms with E-state index < -0.39 is 29.9 Å². The first-order valence-electron chi connectivity index (χ1n) is 9.40. The van der Waals surface area contributed by atoms with Crippen LogP contribution in [0.15, 0.2) is 12.1 Å². The van der Waals surface area contributed by atoms with Crippen molar-refractivity contribution in [2.75, 3.05) is 25.0 Å². The number of thiazole rings is 1. The first-order chi connectivity index (χ1) is 13.2. The van der Waals surface area contributed by atoms with Crippen molar-refractivity contribution in [2.24, 2.45) is 5.73 Å². The van der Waals surface area contributed by atoms with Crippen LogP contribution in [0.3, 0.4) is 0 Å². The summed E-state index contributed by atoms with van der Waals surface area (Å²) in [6.07, 6.45) is -1.04. The van der Waals surface area contributed by atoms with Gasteiger partial charge in [0.15, 0.2) is 5.13 Å². The minimum atomic E-state index is -1.32. The molecule has 2 aromatic rings. The average Bonchev–Trinajstić information content (AvgIpc) is 3.21. The molecule has 2 aliphatic rings. The van der Waals surface area contributed by atoms with Crippen LogP contribution >= 0.6 is 11.3 Å². The number of likely N-dealkylation sites (tertiary alicyclic amines) is 1. The number of amides is 1. The first kappa shape index (κ1) is 19.2. The van der Waals surface area contributed by atoms with Gasteiger partial charge in [0.1, 0.15) is 17.5 Å². The summed E-state index contributed by atoms with van der Waals surface area (Å²) in [6.45, 7) is 6.16. The van der Waals surface area contributed by atoms with Crippen LogP contribution in [0.25, 0.3) is 10.2 Å². The second-order valence-electron chi connectivity index (χ2n) is 8.24. The van der Waals surface area contributed by atoms with Gasteiger partial charge < -0.3 is 25.4 Å². The minimum Gasteiger partial charge on any atom is -0.493 e. The standard InChI is InChI=1S/C19H25FN4O3S/c1-19(2,3)27-18(25)24-8-11(20)16(12(21)9-24)23-17-22-15-10-6-7-26-13(10)4-5-14(15)28-17/h4-5,11-12,16H,6-9,21H2,1-3H3,(H,22,23)/t11-,12+,16+/m0/s1. The number of hydrogen-bond acceptors (Lipinski definition) is 7. The Morgan fingerprint density at radius 3 is 2.93 bits per heavy atom. The van der Waals surface area contributed by atoms with E-state index in [-0.39, 0.29) is 13.1 Å². The molecule has 2 aliphatic heterocycles. The number of piperidine rings is 1. The molecule has 7 nitrogen and oxygen atoms in total. The molecule has 1 aromatic heterocycles. The molecule has 28 heavy (non-hydrogen) atoms. The van der Waals surface area contributed by atoms with Crippen molar-refractivity contribution in [3.8, 4) is 5.75 Å². The lowest BCUT2D eigenvalue weighted by atomic mass is 9.99. The SMILES string of the molecule is CC(C)(C)OC(=O)N1C[C@@H](N)[C@H](Nc2nc3c4c(ccc3s2)OCC4)[C@@H](F)C1. The Hall–Kier alpha value is -2.13. The fourth-order valence-corrected chi connectivity index (χ4v) is 4.52. The van der Waals surface area contributed by atoms with Crippen molar-refractivity contribution in [1.29, 1.82) is 0 Å². The molecule has 0 bridgehead atoms. The number of hydrogen-bond donors (Lipinski definition) is 2. The van der Waals surface area contributed by atoms with Gasteiger partial charge in [-0.25, -0.2) is 14.2 Å². The van der Waals surface area contributed by atoms with Crippen LogP contribution in [0.2, 0.25) is 0 Å². The Balaban J connectivity index is 1.47. The number of alkyl halides is 1. The van der Waals surface area contributed by atoms with E-state index in [4.69, 9.17) is 15.2 Å². The number of benzene rings is 1. The second-order valence-corrected chi connectivity index (χ2v) is 9.27. The van der Waals surface area contributed by atoms with Crippen molar-refractivity contribution in [3.05, 3.63) is 17.7 Å². The molecular formula is C19H25FN4O3S. The second kappa shape index (κ2) is 7.04. The Morgan fingerprint density at radius 1 is 1.43 bits per heavy atom. The molecule has 1 saturated heterocycles. The van der Waals surface area contributed by atoms with Gasteiger partial charge in [-0.15, -0.1) is 0 Å². The van der Waals surface area contributed by atoms with Crippen LogP contribution in [0.4, 0.5) is 14.3 Å². The van der Waals surface area contributed by atoms with Crippen molar-refractivity contribution in [3.63, 3.8) is 0 Å². The molecule has 1 amide bonds. The molecule has 0 saturated carbocycles. The number of carbonyl (C=O) groups excluding carboxylic acids is 1. The Bertz CT molecular complexity index is 885. The summed E-state index contributed by atoms with van der Waals surface area (Å²) in [6, 6.07) is 2.73. The van der Waals surface area contributed by atoms with Crippen LogP contribution in [-0.2, 0) is 11.2 Å². The Labute approximate surface area is 167 Å². The van der Waals surface area contributed by atoms with Crippen LogP contribution in [0, 0.1) is 0 Å². The highest BCUT2D eigenvalue weighted by molar-refractivity contribution is 7.22. The summed E-state index contributed by atoms with van der Waals surface area (Å²) < 4.78 is 26.8. The van der Waals surface area contributed by atoms with Gasteiger partial charge in [0, 0.05) is 24.6 Å². The fraction of sp³-hybridized carbons (Fsp3) is 0.579. The Morgan fingerprint density at radius 2 is 2.21 bits per heavy atom. The van der Waals surface area contributed by atoms with E-state index in [0.717, 1.165) is 28.0 Å². The molecule has 3 heterocycles. The topological polar surface area (TPSA) is 89.7 Å². The van der Waals surface area contributed by atoms with E-state index >= 15 is 0 Å². The largest absolute Gasteiger partial charge is 0.493 e. The third-order valence-electron chi connectivity index (χ3n) is 4.85. The number of nitrogens with two attached hydrogens (primary N) is 1. The normalized spacial score (nSPS) is 24.8. The summed E-state index contributed by atoms with van der Waals surface area (Å²) in [5, 5.41) is 3.79. The lowest BCUT2D eigenvalue weighted by Gasteiger charge is -2.39. The molecule has 3 N–H and O–H groups in total. The van der Waals surface area contributed by atoms with Gasteiger partial charge in [-0.1, -0.05) is 11.3 Å². The summed E-state index contributed by atoms with van der Waals surface area (Å²) in [4.78, 5) is 18.2. The Kier molecular flexibility index (Phi) is 4.83. The van der Waals surface area contributed by atoms with E-state index in [1.807, 2.05) is 12.1 Å². The molecule has 0 spiro atoms. The van der Waals surface area contributed by atoms with Crippen LogP contribution in [0.1, 0.15) is 26.3 Å². The fourth-order valence-electron chi connectivity index (χ4n) is 3.58. The van der Waals surface area contributed by atoms with Gasteiger partial charge in [-0.05, 0) is 32.9 Å². The van der Waals surface area contributed by atoms with Gasteiger partial charge in [-0.3, -0.25) is 0 Å². The van der Waals surface area contributed by atoms with Gasteiger partial charge >= 0.3 is 6.09 Å². The molecular weight excluding hydrogens is 383 g/mol. The molecule has 1 aromatic carbocycles. The maximum Gasteiger partial charge on any atom is 0.410 e. The highest BCUT2D eigenvalue weighted by atomic mass is 32.1. The van der Waals surface area contributed by atoms with Crippen LogP contribution < -0.4 is 15.8 Å². The zero-order valence-corrected chi connectivity index (χ0v) is 17.0. The number of halogens is 1. The summed E-state index contributed by atoms with van der Waals surface area (Å²) in [5.41, 5.74) is 7.57. The van der Waals surface area contributed by atoms with Crippen molar-refractivity contribution >= 4 is 32.8 Å². The smallest absolute Gasteiger partial charge is 0.410 e.